The maximum atomic E-state index is 12.1. The Bertz CT molecular complexity index is 1020. The molecule has 0 aliphatic heterocycles. The number of carboxylic acids is 1. The van der Waals surface area contributed by atoms with Crippen molar-refractivity contribution in [2.24, 2.45) is 0 Å². The first-order valence-electron chi connectivity index (χ1n) is 9.01. The lowest BCUT2D eigenvalue weighted by molar-refractivity contribution is -0.136. The maximum Gasteiger partial charge on any atom is 0.307 e. The summed E-state index contributed by atoms with van der Waals surface area (Å²) >= 11 is 1.17. The summed E-state index contributed by atoms with van der Waals surface area (Å²) in [6.07, 6.45) is 0.495. The summed E-state index contributed by atoms with van der Waals surface area (Å²) in [5.41, 5.74) is 4.82. The second-order valence-corrected chi connectivity index (χ2v) is 7.59. The van der Waals surface area contributed by atoms with Crippen molar-refractivity contribution < 1.29 is 19.1 Å². The normalized spacial score (nSPS) is 10.7. The standard InChI is InChI=1S/C21H21N3O4S/c1-13-3-4-16(9-14(13)2)10-19-23-24-21(28-19)29-12-18(25)22-17-7-5-15(6-8-17)11-20(26)27/h3-9H,10-12H2,1-2H3,(H,22,25)(H,26,27). The van der Waals surface area contributed by atoms with Crippen molar-refractivity contribution in [1.29, 1.82) is 0 Å². The summed E-state index contributed by atoms with van der Waals surface area (Å²) < 4.78 is 5.62. The summed E-state index contributed by atoms with van der Waals surface area (Å²) in [5, 5.41) is 19.9. The van der Waals surface area contributed by atoms with Gasteiger partial charge in [-0.25, -0.2) is 0 Å². The Morgan fingerprint density at radius 3 is 2.45 bits per heavy atom. The lowest BCUT2D eigenvalue weighted by Gasteiger charge is -2.05. The molecule has 2 N–H and O–H groups in total. The van der Waals surface area contributed by atoms with Gasteiger partial charge in [0.2, 0.25) is 11.8 Å². The minimum atomic E-state index is -0.894. The molecular weight excluding hydrogens is 390 g/mol. The van der Waals surface area contributed by atoms with E-state index in [-0.39, 0.29) is 18.1 Å². The number of amides is 1. The molecule has 3 rings (SSSR count). The van der Waals surface area contributed by atoms with Gasteiger partial charge in [0.05, 0.1) is 18.6 Å². The SMILES string of the molecule is Cc1ccc(Cc2nnc(SCC(=O)Nc3ccc(CC(=O)O)cc3)o2)cc1C. The van der Waals surface area contributed by atoms with Crippen molar-refractivity contribution >= 4 is 29.3 Å². The average Bonchev–Trinajstić information content (AvgIpc) is 3.12. The van der Waals surface area contributed by atoms with Gasteiger partial charge in [-0.2, -0.15) is 0 Å². The van der Waals surface area contributed by atoms with E-state index >= 15 is 0 Å². The number of aromatic nitrogens is 2. The Balaban J connectivity index is 1.49. The van der Waals surface area contributed by atoms with Crippen LogP contribution in [0.25, 0.3) is 0 Å². The summed E-state index contributed by atoms with van der Waals surface area (Å²) in [4.78, 5) is 22.8. The number of aliphatic carboxylic acids is 1. The van der Waals surface area contributed by atoms with Crippen molar-refractivity contribution in [3.8, 4) is 0 Å². The Hall–Kier alpha value is -3.13. The van der Waals surface area contributed by atoms with Crippen molar-refractivity contribution in [1.82, 2.24) is 10.2 Å². The van der Waals surface area contributed by atoms with Crippen LogP contribution in [0.1, 0.15) is 28.1 Å². The molecule has 0 aliphatic carbocycles. The number of nitrogens with one attached hydrogen (secondary N) is 1. The average molecular weight is 411 g/mol. The van der Waals surface area contributed by atoms with Crippen LogP contribution < -0.4 is 5.32 Å². The van der Waals surface area contributed by atoms with E-state index < -0.39 is 5.97 Å². The van der Waals surface area contributed by atoms with E-state index in [0.29, 0.717) is 28.8 Å². The van der Waals surface area contributed by atoms with E-state index in [1.54, 1.807) is 24.3 Å². The number of carbonyl (C=O) groups excluding carboxylic acids is 1. The van der Waals surface area contributed by atoms with E-state index in [0.717, 1.165) is 5.56 Å². The fraction of sp³-hybridized carbons (Fsp3) is 0.238. The maximum absolute atomic E-state index is 12.1. The van der Waals surface area contributed by atoms with Crippen LogP contribution in [0.2, 0.25) is 0 Å². The number of carbonyl (C=O) groups is 2. The number of rotatable bonds is 8. The molecule has 0 unspecified atom stereocenters. The zero-order chi connectivity index (χ0) is 20.8. The molecule has 29 heavy (non-hydrogen) atoms. The predicted molar refractivity (Wildman–Crippen MR) is 110 cm³/mol. The van der Waals surface area contributed by atoms with Crippen LogP contribution in [-0.2, 0) is 22.4 Å². The van der Waals surface area contributed by atoms with Gasteiger partial charge in [-0.1, -0.05) is 42.1 Å². The first-order valence-corrected chi connectivity index (χ1v) is 9.99. The van der Waals surface area contributed by atoms with Gasteiger partial charge in [0.25, 0.3) is 5.22 Å². The van der Waals surface area contributed by atoms with Gasteiger partial charge >= 0.3 is 5.97 Å². The quantitative estimate of drug-likeness (QED) is 0.545. The molecule has 0 radical (unpaired) electrons. The molecule has 2 aromatic carbocycles. The molecule has 0 saturated carbocycles. The van der Waals surface area contributed by atoms with Crippen LogP contribution in [0.4, 0.5) is 5.69 Å². The number of aryl methyl sites for hydroxylation is 2. The van der Waals surface area contributed by atoms with Gasteiger partial charge in [-0.15, -0.1) is 10.2 Å². The lowest BCUT2D eigenvalue weighted by atomic mass is 10.0. The van der Waals surface area contributed by atoms with Crippen molar-refractivity contribution in [3.05, 3.63) is 70.6 Å². The van der Waals surface area contributed by atoms with Gasteiger partial charge in [0.15, 0.2) is 0 Å². The Morgan fingerprint density at radius 2 is 1.76 bits per heavy atom. The van der Waals surface area contributed by atoms with E-state index in [2.05, 4.69) is 41.5 Å². The topological polar surface area (TPSA) is 105 Å². The lowest BCUT2D eigenvalue weighted by Crippen LogP contribution is -2.14. The van der Waals surface area contributed by atoms with Crippen molar-refractivity contribution in [3.63, 3.8) is 0 Å². The highest BCUT2D eigenvalue weighted by atomic mass is 32.2. The predicted octanol–water partition coefficient (Wildman–Crippen LogP) is 3.64. The Morgan fingerprint density at radius 1 is 1.03 bits per heavy atom. The molecule has 1 heterocycles. The Kier molecular flexibility index (Phi) is 6.66. The molecule has 150 valence electrons. The highest BCUT2D eigenvalue weighted by Crippen LogP contribution is 2.19. The van der Waals surface area contributed by atoms with Gasteiger partial charge in [-0.3, -0.25) is 9.59 Å². The van der Waals surface area contributed by atoms with E-state index in [9.17, 15) is 9.59 Å². The highest BCUT2D eigenvalue weighted by Gasteiger charge is 2.11. The molecule has 7 nitrogen and oxygen atoms in total. The number of hydrogen-bond acceptors (Lipinski definition) is 6. The number of thioether (sulfide) groups is 1. The largest absolute Gasteiger partial charge is 0.481 e. The first-order chi connectivity index (χ1) is 13.9. The molecule has 0 fully saturated rings. The number of benzene rings is 2. The molecule has 1 aromatic heterocycles. The van der Waals surface area contributed by atoms with Crippen LogP contribution in [0.15, 0.2) is 52.1 Å². The van der Waals surface area contributed by atoms with Crippen molar-refractivity contribution in [2.75, 3.05) is 11.1 Å². The third-order valence-corrected chi connectivity index (χ3v) is 5.11. The molecule has 8 heteroatoms. The first kappa shape index (κ1) is 20.6. The summed E-state index contributed by atoms with van der Waals surface area (Å²) in [5.74, 6) is -0.475. The molecule has 0 aliphatic rings. The summed E-state index contributed by atoms with van der Waals surface area (Å²) in [7, 11) is 0. The third kappa shape index (κ3) is 6.18. The summed E-state index contributed by atoms with van der Waals surface area (Å²) in [6, 6.07) is 12.9. The Labute approximate surface area is 172 Å². The van der Waals surface area contributed by atoms with Gasteiger partial charge < -0.3 is 14.8 Å². The zero-order valence-corrected chi connectivity index (χ0v) is 17.0. The minimum Gasteiger partial charge on any atom is -0.481 e. The van der Waals surface area contributed by atoms with Crippen LogP contribution in [0.3, 0.4) is 0 Å². The molecule has 0 bridgehead atoms. The molecular formula is C21H21N3O4S. The third-order valence-electron chi connectivity index (χ3n) is 4.29. The molecule has 3 aromatic rings. The zero-order valence-electron chi connectivity index (χ0n) is 16.1. The van der Waals surface area contributed by atoms with Crippen LogP contribution in [-0.4, -0.2) is 32.9 Å². The number of hydrogen-bond donors (Lipinski definition) is 2. The van der Waals surface area contributed by atoms with Crippen LogP contribution in [0, 0.1) is 13.8 Å². The number of nitrogens with zero attached hydrogens (tertiary/aromatic N) is 2. The fourth-order valence-corrected chi connectivity index (χ4v) is 3.24. The number of carboxylic acid groups (broad SMARTS) is 1. The van der Waals surface area contributed by atoms with E-state index in [1.165, 1.54) is 22.9 Å². The van der Waals surface area contributed by atoms with Crippen LogP contribution >= 0.6 is 11.8 Å². The van der Waals surface area contributed by atoms with Gasteiger partial charge in [0, 0.05) is 5.69 Å². The molecule has 0 atom stereocenters. The van der Waals surface area contributed by atoms with E-state index in [4.69, 9.17) is 9.52 Å². The van der Waals surface area contributed by atoms with Gasteiger partial charge in [0.1, 0.15) is 0 Å². The fourth-order valence-electron chi connectivity index (χ4n) is 2.66. The number of anilines is 1. The second kappa shape index (κ2) is 9.38. The van der Waals surface area contributed by atoms with E-state index in [1.807, 2.05) is 6.07 Å². The second-order valence-electron chi connectivity index (χ2n) is 6.66. The molecule has 1 amide bonds. The summed E-state index contributed by atoms with van der Waals surface area (Å²) in [6.45, 7) is 4.13. The molecule has 0 saturated heterocycles. The molecule has 0 spiro atoms. The van der Waals surface area contributed by atoms with Crippen molar-refractivity contribution in [2.45, 2.75) is 31.9 Å². The van der Waals surface area contributed by atoms with Crippen LogP contribution in [0.5, 0.6) is 0 Å². The highest BCUT2D eigenvalue weighted by molar-refractivity contribution is 7.99. The minimum absolute atomic E-state index is 0.0499. The smallest absolute Gasteiger partial charge is 0.307 e. The van der Waals surface area contributed by atoms with Gasteiger partial charge in [-0.05, 0) is 48.2 Å². The monoisotopic (exact) mass is 411 g/mol.